The molecule has 1 aromatic heterocycles. The van der Waals surface area contributed by atoms with Gasteiger partial charge >= 0.3 is 0 Å². The van der Waals surface area contributed by atoms with Gasteiger partial charge < -0.3 is 5.73 Å². The van der Waals surface area contributed by atoms with Crippen molar-refractivity contribution in [1.29, 1.82) is 0 Å². The van der Waals surface area contributed by atoms with Crippen LogP contribution in [0.25, 0.3) is 10.6 Å². The second-order valence-electron chi connectivity index (χ2n) is 3.55. The van der Waals surface area contributed by atoms with Crippen LogP contribution in [0.2, 0.25) is 5.02 Å². The van der Waals surface area contributed by atoms with E-state index in [1.54, 1.807) is 13.0 Å². The van der Waals surface area contributed by atoms with Gasteiger partial charge in [-0.05, 0) is 31.5 Å². The summed E-state index contributed by atoms with van der Waals surface area (Å²) >= 11 is 7.37. The van der Waals surface area contributed by atoms with Gasteiger partial charge in [0, 0.05) is 5.56 Å². The van der Waals surface area contributed by atoms with Crippen LogP contribution in [0, 0.1) is 19.7 Å². The maximum Gasteiger partial charge on any atom is 0.127 e. The predicted octanol–water partition coefficient (Wildman–Crippen LogP) is 3.80. The lowest BCUT2D eigenvalue weighted by Gasteiger charge is -2.03. The Kier molecular flexibility index (Phi) is 2.86. The first-order valence-corrected chi connectivity index (χ1v) is 5.87. The van der Waals surface area contributed by atoms with Gasteiger partial charge in [-0.2, -0.15) is 0 Å². The van der Waals surface area contributed by atoms with Crippen molar-refractivity contribution < 1.29 is 4.39 Å². The van der Waals surface area contributed by atoms with Crippen LogP contribution in [0.1, 0.15) is 11.3 Å². The Labute approximate surface area is 102 Å². The molecule has 5 heteroatoms. The van der Waals surface area contributed by atoms with E-state index in [4.69, 9.17) is 17.3 Å². The minimum Gasteiger partial charge on any atom is -0.389 e. The quantitative estimate of drug-likeness (QED) is 0.843. The van der Waals surface area contributed by atoms with E-state index < -0.39 is 0 Å². The maximum atomic E-state index is 13.4. The highest BCUT2D eigenvalue weighted by atomic mass is 35.5. The van der Waals surface area contributed by atoms with Crippen LogP contribution in [0.3, 0.4) is 0 Å². The fourth-order valence-electron chi connectivity index (χ4n) is 1.33. The van der Waals surface area contributed by atoms with E-state index in [-0.39, 0.29) is 5.82 Å². The highest BCUT2D eigenvalue weighted by Crippen LogP contribution is 2.35. The van der Waals surface area contributed by atoms with E-state index in [1.165, 1.54) is 17.4 Å². The summed E-state index contributed by atoms with van der Waals surface area (Å²) in [6.07, 6.45) is 0. The third-order valence-corrected chi connectivity index (χ3v) is 3.64. The molecular formula is C11H10ClFN2S. The number of aromatic nitrogens is 1. The molecule has 0 atom stereocenters. The number of nitrogens with two attached hydrogens (primary N) is 1. The summed E-state index contributed by atoms with van der Waals surface area (Å²) in [5, 5.41) is 1.78. The van der Waals surface area contributed by atoms with Crippen molar-refractivity contribution in [3.63, 3.8) is 0 Å². The largest absolute Gasteiger partial charge is 0.389 e. The molecule has 0 unspecified atom stereocenters. The summed E-state index contributed by atoms with van der Waals surface area (Å²) < 4.78 is 13.4. The lowest BCUT2D eigenvalue weighted by atomic mass is 10.1. The molecule has 2 aromatic rings. The van der Waals surface area contributed by atoms with Gasteiger partial charge in [0.05, 0.1) is 10.7 Å². The molecule has 0 bridgehead atoms. The van der Waals surface area contributed by atoms with Crippen molar-refractivity contribution in [1.82, 2.24) is 4.98 Å². The van der Waals surface area contributed by atoms with Crippen molar-refractivity contribution in [2.45, 2.75) is 13.8 Å². The van der Waals surface area contributed by atoms with Gasteiger partial charge in [0.1, 0.15) is 15.8 Å². The molecule has 0 spiro atoms. The molecule has 84 valence electrons. The minimum atomic E-state index is -0.286. The van der Waals surface area contributed by atoms with E-state index in [9.17, 15) is 4.39 Å². The Morgan fingerprint density at radius 1 is 1.38 bits per heavy atom. The predicted molar refractivity (Wildman–Crippen MR) is 66.4 cm³/mol. The van der Waals surface area contributed by atoms with Crippen molar-refractivity contribution in [2.24, 2.45) is 0 Å². The molecule has 0 aliphatic heterocycles. The molecule has 1 heterocycles. The highest BCUT2D eigenvalue weighted by molar-refractivity contribution is 7.19. The zero-order chi connectivity index (χ0) is 11.9. The van der Waals surface area contributed by atoms with E-state index in [1.807, 2.05) is 6.92 Å². The van der Waals surface area contributed by atoms with Gasteiger partial charge in [-0.1, -0.05) is 22.9 Å². The molecule has 0 aliphatic carbocycles. The van der Waals surface area contributed by atoms with Crippen LogP contribution in [0.4, 0.5) is 9.39 Å². The highest BCUT2D eigenvalue weighted by Gasteiger charge is 2.12. The van der Waals surface area contributed by atoms with Crippen molar-refractivity contribution >= 4 is 27.9 Å². The molecule has 2 nitrogen and oxygen atoms in total. The Hall–Kier alpha value is -1.13. The Morgan fingerprint density at radius 3 is 2.62 bits per heavy atom. The van der Waals surface area contributed by atoms with Crippen LogP contribution in [-0.4, -0.2) is 4.98 Å². The summed E-state index contributed by atoms with van der Waals surface area (Å²) in [7, 11) is 0. The van der Waals surface area contributed by atoms with Gasteiger partial charge in [0.15, 0.2) is 0 Å². The third-order valence-electron chi connectivity index (χ3n) is 2.31. The number of benzene rings is 1. The number of halogens is 2. The molecule has 0 aliphatic rings. The van der Waals surface area contributed by atoms with Crippen LogP contribution in [0.5, 0.6) is 0 Å². The first-order chi connectivity index (χ1) is 7.49. The summed E-state index contributed by atoms with van der Waals surface area (Å²) in [6, 6.07) is 2.99. The molecule has 0 fully saturated rings. The lowest BCUT2D eigenvalue weighted by Crippen LogP contribution is -1.86. The maximum absolute atomic E-state index is 13.4. The van der Waals surface area contributed by atoms with Crippen molar-refractivity contribution in [2.75, 3.05) is 5.73 Å². The monoisotopic (exact) mass is 256 g/mol. The average Bonchev–Trinajstić information content (AvgIpc) is 2.53. The van der Waals surface area contributed by atoms with Gasteiger partial charge in [0.25, 0.3) is 0 Å². The van der Waals surface area contributed by atoms with E-state index in [2.05, 4.69) is 4.98 Å². The number of aryl methyl sites for hydroxylation is 2. The smallest absolute Gasteiger partial charge is 0.127 e. The molecule has 16 heavy (non-hydrogen) atoms. The molecule has 0 saturated heterocycles. The Bertz CT molecular complexity index is 532. The number of anilines is 1. The zero-order valence-corrected chi connectivity index (χ0v) is 10.4. The first kappa shape index (κ1) is 11.4. The van der Waals surface area contributed by atoms with Gasteiger partial charge in [0.2, 0.25) is 0 Å². The summed E-state index contributed by atoms with van der Waals surface area (Å²) in [6.45, 7) is 3.49. The number of hydrogen-bond donors (Lipinski definition) is 1. The fraction of sp³-hybridized carbons (Fsp3) is 0.182. The van der Waals surface area contributed by atoms with Gasteiger partial charge in [-0.15, -0.1) is 0 Å². The number of nitrogen functional groups attached to an aromatic ring is 1. The summed E-state index contributed by atoms with van der Waals surface area (Å²) in [4.78, 5) is 4.25. The molecule has 2 N–H and O–H groups in total. The van der Waals surface area contributed by atoms with Crippen molar-refractivity contribution in [3.8, 4) is 10.6 Å². The van der Waals surface area contributed by atoms with E-state index >= 15 is 0 Å². The fourth-order valence-corrected chi connectivity index (χ4v) is 2.56. The molecule has 0 saturated carbocycles. The second-order valence-corrected chi connectivity index (χ2v) is 4.99. The third kappa shape index (κ3) is 1.90. The van der Waals surface area contributed by atoms with Crippen LogP contribution >= 0.6 is 22.9 Å². The standard InChI is InChI=1S/C11H10ClFN2S/c1-5-3-8(12)7(4-9(5)13)11-15-6(2)10(14)16-11/h3-4H,14H2,1-2H3. The van der Waals surface area contributed by atoms with Crippen LogP contribution in [0.15, 0.2) is 12.1 Å². The molecule has 2 rings (SSSR count). The van der Waals surface area contributed by atoms with Gasteiger partial charge in [-0.3, -0.25) is 0 Å². The summed E-state index contributed by atoms with van der Waals surface area (Å²) in [5.74, 6) is -0.286. The normalized spacial score (nSPS) is 10.8. The van der Waals surface area contributed by atoms with E-state index in [0.29, 0.717) is 26.2 Å². The number of thiazole rings is 1. The first-order valence-electron chi connectivity index (χ1n) is 4.68. The Balaban J connectivity index is 2.60. The summed E-state index contributed by atoms with van der Waals surface area (Å²) in [5.41, 5.74) is 7.58. The SMILES string of the molecule is Cc1cc(Cl)c(-c2nc(C)c(N)s2)cc1F. The zero-order valence-electron chi connectivity index (χ0n) is 8.84. The number of hydrogen-bond acceptors (Lipinski definition) is 3. The topological polar surface area (TPSA) is 38.9 Å². The molecular weight excluding hydrogens is 247 g/mol. The second kappa shape index (κ2) is 4.03. The number of rotatable bonds is 1. The average molecular weight is 257 g/mol. The Morgan fingerprint density at radius 2 is 2.06 bits per heavy atom. The molecule has 0 amide bonds. The van der Waals surface area contributed by atoms with Gasteiger partial charge in [-0.25, -0.2) is 9.37 Å². The van der Waals surface area contributed by atoms with Crippen LogP contribution in [-0.2, 0) is 0 Å². The number of nitrogens with zero attached hydrogens (tertiary/aromatic N) is 1. The van der Waals surface area contributed by atoms with E-state index in [0.717, 1.165) is 5.69 Å². The van der Waals surface area contributed by atoms with Crippen molar-refractivity contribution in [3.05, 3.63) is 34.2 Å². The lowest BCUT2D eigenvalue weighted by molar-refractivity contribution is 0.619. The molecule has 1 aromatic carbocycles. The minimum absolute atomic E-state index is 0.286. The molecule has 0 radical (unpaired) electrons. The van der Waals surface area contributed by atoms with Crippen LogP contribution < -0.4 is 5.73 Å².